The van der Waals surface area contributed by atoms with Crippen LogP contribution in [-0.4, -0.2) is 27.2 Å². The number of amides is 1. The van der Waals surface area contributed by atoms with Crippen molar-refractivity contribution >= 4 is 22.9 Å². The minimum Gasteiger partial charge on any atom is -0.493 e. The summed E-state index contributed by atoms with van der Waals surface area (Å²) in [6.07, 6.45) is 0. The van der Waals surface area contributed by atoms with Gasteiger partial charge in [-0.3, -0.25) is 4.79 Å². The van der Waals surface area contributed by atoms with Crippen LogP contribution < -0.4 is 19.5 Å². The van der Waals surface area contributed by atoms with Gasteiger partial charge < -0.3 is 19.5 Å². The highest BCUT2D eigenvalue weighted by Gasteiger charge is 2.15. The summed E-state index contributed by atoms with van der Waals surface area (Å²) in [6.45, 7) is 0. The number of nitrogens with one attached hydrogen (secondary N) is 1. The summed E-state index contributed by atoms with van der Waals surface area (Å²) >= 11 is 1.47. The van der Waals surface area contributed by atoms with Crippen molar-refractivity contribution in [2.75, 3.05) is 26.6 Å². The predicted octanol–water partition coefficient (Wildman–Crippen LogP) is 3.03. The molecule has 2 rings (SSSR count). The van der Waals surface area contributed by atoms with E-state index in [2.05, 4.69) is 5.32 Å². The molecule has 0 saturated heterocycles. The Balaban J connectivity index is 2.30. The highest BCUT2D eigenvalue weighted by Crippen LogP contribution is 2.40. The lowest BCUT2D eigenvalue weighted by atomic mass is 10.2. The molecular formula is C14H15NO4S. The molecule has 0 bridgehead atoms. The molecule has 0 saturated carbocycles. The van der Waals surface area contributed by atoms with E-state index in [-0.39, 0.29) is 5.91 Å². The largest absolute Gasteiger partial charge is 0.493 e. The summed E-state index contributed by atoms with van der Waals surface area (Å²) in [4.78, 5) is 12.0. The van der Waals surface area contributed by atoms with Gasteiger partial charge in [0.05, 0.1) is 26.9 Å². The predicted molar refractivity (Wildman–Crippen MR) is 78.4 cm³/mol. The summed E-state index contributed by atoms with van der Waals surface area (Å²) in [5.74, 6) is 1.30. The molecule has 2 aromatic rings. The summed E-state index contributed by atoms with van der Waals surface area (Å²) in [5, 5.41) is 6.43. The molecule has 0 radical (unpaired) electrons. The number of benzene rings is 1. The maximum absolute atomic E-state index is 12.0. The lowest BCUT2D eigenvalue weighted by molar-refractivity contribution is 0.102. The summed E-state index contributed by atoms with van der Waals surface area (Å²) in [7, 11) is 4.59. The maximum Gasteiger partial charge on any atom is 0.256 e. The number of carbonyl (C=O) groups is 1. The minimum absolute atomic E-state index is 0.180. The van der Waals surface area contributed by atoms with Gasteiger partial charge in [-0.15, -0.1) is 0 Å². The molecule has 0 aliphatic carbocycles. The van der Waals surface area contributed by atoms with Crippen LogP contribution in [0.1, 0.15) is 10.4 Å². The van der Waals surface area contributed by atoms with Crippen LogP contribution in [0, 0.1) is 0 Å². The zero-order valence-electron chi connectivity index (χ0n) is 11.4. The van der Waals surface area contributed by atoms with E-state index in [9.17, 15) is 4.79 Å². The lowest BCUT2D eigenvalue weighted by Gasteiger charge is -2.14. The van der Waals surface area contributed by atoms with Crippen molar-refractivity contribution in [3.63, 3.8) is 0 Å². The first kappa shape index (κ1) is 14.2. The van der Waals surface area contributed by atoms with Crippen molar-refractivity contribution in [3.8, 4) is 17.2 Å². The van der Waals surface area contributed by atoms with Gasteiger partial charge in [0, 0.05) is 23.2 Å². The third kappa shape index (κ3) is 2.85. The fourth-order valence-corrected chi connectivity index (χ4v) is 2.39. The van der Waals surface area contributed by atoms with Crippen LogP contribution >= 0.6 is 11.3 Å². The van der Waals surface area contributed by atoms with Gasteiger partial charge in [-0.2, -0.15) is 11.3 Å². The normalized spacial score (nSPS) is 9.95. The van der Waals surface area contributed by atoms with Crippen LogP contribution in [0.3, 0.4) is 0 Å². The first-order valence-electron chi connectivity index (χ1n) is 5.83. The van der Waals surface area contributed by atoms with Gasteiger partial charge in [0.25, 0.3) is 5.91 Å². The van der Waals surface area contributed by atoms with Crippen molar-refractivity contribution in [1.82, 2.24) is 0 Å². The van der Waals surface area contributed by atoms with Crippen LogP contribution in [0.4, 0.5) is 5.69 Å². The molecule has 0 fully saturated rings. The Hall–Kier alpha value is -2.21. The van der Waals surface area contributed by atoms with E-state index >= 15 is 0 Å². The van der Waals surface area contributed by atoms with Gasteiger partial charge in [-0.1, -0.05) is 0 Å². The number of hydrogen-bond donors (Lipinski definition) is 1. The van der Waals surface area contributed by atoms with Gasteiger partial charge >= 0.3 is 0 Å². The van der Waals surface area contributed by atoms with E-state index in [1.165, 1.54) is 32.7 Å². The number of hydrogen-bond acceptors (Lipinski definition) is 5. The van der Waals surface area contributed by atoms with E-state index in [4.69, 9.17) is 14.2 Å². The van der Waals surface area contributed by atoms with Gasteiger partial charge in [-0.25, -0.2) is 0 Å². The van der Waals surface area contributed by atoms with E-state index in [1.54, 1.807) is 23.6 Å². The molecule has 0 aliphatic rings. The molecule has 0 unspecified atom stereocenters. The molecule has 1 aromatic carbocycles. The molecule has 106 valence electrons. The van der Waals surface area contributed by atoms with Crippen molar-refractivity contribution in [2.45, 2.75) is 0 Å². The molecule has 6 heteroatoms. The number of thiophene rings is 1. The Labute approximate surface area is 121 Å². The zero-order valence-corrected chi connectivity index (χ0v) is 12.2. The van der Waals surface area contributed by atoms with Crippen LogP contribution in [0.15, 0.2) is 29.0 Å². The molecule has 1 heterocycles. The molecule has 0 spiro atoms. The lowest BCUT2D eigenvalue weighted by Crippen LogP contribution is -2.11. The highest BCUT2D eigenvalue weighted by atomic mass is 32.1. The van der Waals surface area contributed by atoms with Crippen LogP contribution in [0.25, 0.3) is 0 Å². The van der Waals surface area contributed by atoms with Gasteiger partial charge in [-0.05, 0) is 11.4 Å². The molecule has 5 nitrogen and oxygen atoms in total. The molecular weight excluding hydrogens is 278 g/mol. The highest BCUT2D eigenvalue weighted by molar-refractivity contribution is 7.08. The van der Waals surface area contributed by atoms with E-state index < -0.39 is 0 Å². The SMILES string of the molecule is COc1cc(NC(=O)c2ccsc2)cc(OC)c1OC. The maximum atomic E-state index is 12.0. The Morgan fingerprint density at radius 3 is 2.20 bits per heavy atom. The molecule has 1 aromatic heterocycles. The number of ether oxygens (including phenoxy) is 3. The number of anilines is 1. The van der Waals surface area contributed by atoms with Gasteiger partial charge in [0.1, 0.15) is 0 Å². The van der Waals surface area contributed by atoms with E-state index in [0.717, 1.165) is 0 Å². The summed E-state index contributed by atoms with van der Waals surface area (Å²) < 4.78 is 15.7. The van der Waals surface area contributed by atoms with E-state index in [1.807, 2.05) is 5.38 Å². The second-order valence-corrected chi connectivity index (χ2v) is 4.66. The van der Waals surface area contributed by atoms with Crippen molar-refractivity contribution < 1.29 is 19.0 Å². The van der Waals surface area contributed by atoms with Crippen molar-refractivity contribution in [2.24, 2.45) is 0 Å². The van der Waals surface area contributed by atoms with Crippen LogP contribution in [0.5, 0.6) is 17.2 Å². The number of methoxy groups -OCH3 is 3. The minimum atomic E-state index is -0.180. The summed E-state index contributed by atoms with van der Waals surface area (Å²) in [5.41, 5.74) is 1.19. The van der Waals surface area contributed by atoms with Crippen LogP contribution in [-0.2, 0) is 0 Å². The molecule has 0 aliphatic heterocycles. The van der Waals surface area contributed by atoms with Gasteiger partial charge in [0.2, 0.25) is 5.75 Å². The Bertz CT molecular complexity index is 570. The topological polar surface area (TPSA) is 56.8 Å². The second-order valence-electron chi connectivity index (χ2n) is 3.88. The third-order valence-corrected chi connectivity index (χ3v) is 3.39. The zero-order chi connectivity index (χ0) is 14.5. The van der Waals surface area contributed by atoms with Crippen molar-refractivity contribution in [3.05, 3.63) is 34.5 Å². The Morgan fingerprint density at radius 2 is 1.75 bits per heavy atom. The number of carbonyl (C=O) groups excluding carboxylic acids is 1. The smallest absolute Gasteiger partial charge is 0.256 e. The fraction of sp³-hybridized carbons (Fsp3) is 0.214. The fourth-order valence-electron chi connectivity index (χ4n) is 1.75. The third-order valence-electron chi connectivity index (χ3n) is 2.71. The average Bonchev–Trinajstić information content (AvgIpc) is 3.00. The average molecular weight is 293 g/mol. The molecule has 20 heavy (non-hydrogen) atoms. The standard InChI is InChI=1S/C14H15NO4S/c1-17-11-6-10(7-12(18-2)13(11)19-3)15-14(16)9-4-5-20-8-9/h4-8H,1-3H3,(H,15,16). The first-order valence-corrected chi connectivity index (χ1v) is 6.77. The van der Waals surface area contributed by atoms with E-state index in [0.29, 0.717) is 28.5 Å². The quantitative estimate of drug-likeness (QED) is 0.920. The Morgan fingerprint density at radius 1 is 1.10 bits per heavy atom. The monoisotopic (exact) mass is 293 g/mol. The first-order chi connectivity index (χ1) is 9.69. The number of rotatable bonds is 5. The Kier molecular flexibility index (Phi) is 4.47. The molecule has 1 amide bonds. The molecule has 0 atom stereocenters. The summed E-state index contributed by atoms with van der Waals surface area (Å²) in [6, 6.07) is 5.13. The van der Waals surface area contributed by atoms with Crippen LogP contribution in [0.2, 0.25) is 0 Å². The van der Waals surface area contributed by atoms with Crippen molar-refractivity contribution in [1.29, 1.82) is 0 Å². The second kappa shape index (κ2) is 6.29. The van der Waals surface area contributed by atoms with Gasteiger partial charge in [0.15, 0.2) is 11.5 Å². The molecule has 1 N–H and O–H groups in total.